The lowest BCUT2D eigenvalue weighted by atomic mass is 10.1. The summed E-state index contributed by atoms with van der Waals surface area (Å²) in [5.41, 5.74) is 0.915. The molecule has 0 spiro atoms. The van der Waals surface area contributed by atoms with Gasteiger partial charge in [-0.1, -0.05) is 23.7 Å². The fourth-order valence-corrected chi connectivity index (χ4v) is 2.96. The molecule has 134 valence electrons. The molecule has 0 aliphatic carbocycles. The van der Waals surface area contributed by atoms with Crippen molar-refractivity contribution in [1.29, 1.82) is 0 Å². The first-order valence-corrected chi connectivity index (χ1v) is 8.44. The average Bonchev–Trinajstić information content (AvgIpc) is 2.86. The summed E-state index contributed by atoms with van der Waals surface area (Å²) in [6, 6.07) is 10.1. The van der Waals surface area contributed by atoms with E-state index in [9.17, 15) is 18.8 Å². The highest BCUT2D eigenvalue weighted by molar-refractivity contribution is 6.33. The number of ether oxygens (including phenoxy) is 1. The molecule has 0 bridgehead atoms. The van der Waals surface area contributed by atoms with Crippen molar-refractivity contribution >= 4 is 29.4 Å². The number of esters is 1. The monoisotopic (exact) mass is 375 g/mol. The van der Waals surface area contributed by atoms with Crippen molar-refractivity contribution < 1.29 is 23.5 Å². The van der Waals surface area contributed by atoms with Crippen LogP contribution in [-0.2, 0) is 4.74 Å². The highest BCUT2D eigenvalue weighted by Crippen LogP contribution is 2.23. The number of halogens is 2. The number of nitrogens with zero attached hydrogens (tertiary/aromatic N) is 1. The first-order chi connectivity index (χ1) is 12.5. The number of unbranched alkanes of at least 4 members (excludes halogenated alkanes) is 1. The van der Waals surface area contributed by atoms with E-state index in [4.69, 9.17) is 16.3 Å². The summed E-state index contributed by atoms with van der Waals surface area (Å²) in [5, 5.41) is -0.0129. The molecule has 3 rings (SSSR count). The van der Waals surface area contributed by atoms with Crippen molar-refractivity contribution in [3.05, 3.63) is 70.0 Å². The van der Waals surface area contributed by atoms with Gasteiger partial charge < -0.3 is 4.74 Å². The molecule has 26 heavy (non-hydrogen) atoms. The Morgan fingerprint density at radius 3 is 2.31 bits per heavy atom. The molecule has 0 saturated carbocycles. The van der Waals surface area contributed by atoms with Crippen molar-refractivity contribution in [2.45, 2.75) is 12.8 Å². The van der Waals surface area contributed by atoms with Crippen LogP contribution in [0.5, 0.6) is 0 Å². The number of amides is 2. The standard InChI is InChI=1S/C19H15ClFNO4/c20-16-11-12(21)7-8-15(16)19(25)26-10-4-3-9-22-17(23)13-5-1-2-6-14(13)18(22)24/h1-2,5-8,11H,3-4,9-10H2. The molecule has 0 fully saturated rings. The number of hydrogen-bond acceptors (Lipinski definition) is 4. The number of rotatable bonds is 6. The summed E-state index contributed by atoms with van der Waals surface area (Å²) in [5.74, 6) is -1.79. The molecule has 2 aromatic rings. The van der Waals surface area contributed by atoms with E-state index in [0.717, 1.165) is 12.1 Å². The Morgan fingerprint density at radius 1 is 1.04 bits per heavy atom. The van der Waals surface area contributed by atoms with Crippen molar-refractivity contribution in [2.24, 2.45) is 0 Å². The second kappa shape index (κ2) is 7.66. The summed E-state index contributed by atoms with van der Waals surface area (Å²) in [7, 11) is 0. The van der Waals surface area contributed by atoms with Crippen LogP contribution in [0.4, 0.5) is 4.39 Å². The summed E-state index contributed by atoms with van der Waals surface area (Å²) >= 11 is 5.80. The molecule has 2 amide bonds. The largest absolute Gasteiger partial charge is 0.462 e. The highest BCUT2D eigenvalue weighted by Gasteiger charge is 2.34. The number of benzene rings is 2. The van der Waals surface area contributed by atoms with Crippen molar-refractivity contribution in [2.75, 3.05) is 13.2 Å². The Labute approximate surface area is 154 Å². The van der Waals surface area contributed by atoms with Crippen LogP contribution < -0.4 is 0 Å². The maximum atomic E-state index is 13.0. The lowest BCUT2D eigenvalue weighted by Crippen LogP contribution is -2.30. The number of carbonyl (C=O) groups excluding carboxylic acids is 3. The topological polar surface area (TPSA) is 63.7 Å². The van der Waals surface area contributed by atoms with E-state index < -0.39 is 11.8 Å². The van der Waals surface area contributed by atoms with Gasteiger partial charge >= 0.3 is 5.97 Å². The Bertz CT molecular complexity index is 849. The van der Waals surface area contributed by atoms with E-state index in [2.05, 4.69) is 0 Å². The number of carbonyl (C=O) groups is 3. The molecule has 0 radical (unpaired) electrons. The smallest absolute Gasteiger partial charge is 0.339 e. The molecule has 0 unspecified atom stereocenters. The van der Waals surface area contributed by atoms with Gasteiger partial charge in [-0.05, 0) is 43.2 Å². The number of fused-ring (bicyclic) bond motifs is 1. The maximum absolute atomic E-state index is 13.0. The van der Waals surface area contributed by atoms with Crippen molar-refractivity contribution in [3.63, 3.8) is 0 Å². The predicted octanol–water partition coefficient (Wildman–Crippen LogP) is 3.71. The van der Waals surface area contributed by atoms with E-state index in [-0.39, 0.29) is 35.6 Å². The van der Waals surface area contributed by atoms with Gasteiger partial charge in [0.1, 0.15) is 5.82 Å². The van der Waals surface area contributed by atoms with Gasteiger partial charge in [0.15, 0.2) is 0 Å². The molecule has 1 aliphatic rings. The predicted molar refractivity (Wildman–Crippen MR) is 92.7 cm³/mol. The first-order valence-electron chi connectivity index (χ1n) is 8.06. The fourth-order valence-electron chi connectivity index (χ4n) is 2.71. The summed E-state index contributed by atoms with van der Waals surface area (Å²) in [6.45, 7) is 0.358. The van der Waals surface area contributed by atoms with Gasteiger partial charge in [-0.3, -0.25) is 14.5 Å². The number of hydrogen-bond donors (Lipinski definition) is 0. The third-order valence-corrected chi connectivity index (χ3v) is 4.35. The van der Waals surface area contributed by atoms with Gasteiger partial charge in [0.2, 0.25) is 0 Å². The Kier molecular flexibility index (Phi) is 5.32. The van der Waals surface area contributed by atoms with Crippen LogP contribution in [-0.4, -0.2) is 35.8 Å². The molecule has 0 saturated heterocycles. The Balaban J connectivity index is 1.46. The van der Waals surface area contributed by atoms with Crippen LogP contribution >= 0.6 is 11.6 Å². The van der Waals surface area contributed by atoms with Crippen LogP contribution in [0.2, 0.25) is 5.02 Å². The van der Waals surface area contributed by atoms with Crippen LogP contribution in [0.3, 0.4) is 0 Å². The molecular formula is C19H15ClFNO4. The first kappa shape index (κ1) is 18.1. The molecule has 1 aliphatic heterocycles. The second-order valence-electron chi connectivity index (χ2n) is 5.77. The normalized spacial score (nSPS) is 13.1. The number of imide groups is 1. The van der Waals surface area contributed by atoms with Gasteiger partial charge in [0.05, 0.1) is 28.3 Å². The maximum Gasteiger partial charge on any atom is 0.339 e. The lowest BCUT2D eigenvalue weighted by molar-refractivity contribution is 0.0485. The molecule has 5 nitrogen and oxygen atoms in total. The minimum Gasteiger partial charge on any atom is -0.462 e. The third-order valence-electron chi connectivity index (χ3n) is 4.04. The fraction of sp³-hybridized carbons (Fsp3) is 0.211. The van der Waals surface area contributed by atoms with E-state index in [0.29, 0.717) is 24.0 Å². The van der Waals surface area contributed by atoms with E-state index in [1.165, 1.54) is 11.0 Å². The minimum atomic E-state index is -0.643. The Hall–Kier alpha value is -2.73. The molecule has 0 aromatic heterocycles. The third kappa shape index (κ3) is 3.60. The molecule has 7 heteroatoms. The van der Waals surface area contributed by atoms with E-state index in [1.54, 1.807) is 24.3 Å². The molecule has 2 aromatic carbocycles. The summed E-state index contributed by atoms with van der Waals surface area (Å²) < 4.78 is 18.1. The van der Waals surface area contributed by atoms with Gasteiger partial charge in [-0.25, -0.2) is 9.18 Å². The van der Waals surface area contributed by atoms with Crippen LogP contribution in [0, 0.1) is 5.82 Å². The van der Waals surface area contributed by atoms with Crippen molar-refractivity contribution in [3.8, 4) is 0 Å². The second-order valence-corrected chi connectivity index (χ2v) is 6.18. The highest BCUT2D eigenvalue weighted by atomic mass is 35.5. The van der Waals surface area contributed by atoms with E-state index in [1.807, 2.05) is 0 Å². The van der Waals surface area contributed by atoms with Crippen LogP contribution in [0.25, 0.3) is 0 Å². The van der Waals surface area contributed by atoms with Crippen LogP contribution in [0.15, 0.2) is 42.5 Å². The van der Waals surface area contributed by atoms with Crippen LogP contribution in [0.1, 0.15) is 43.9 Å². The molecule has 0 N–H and O–H groups in total. The van der Waals surface area contributed by atoms with Gasteiger partial charge in [-0.15, -0.1) is 0 Å². The minimum absolute atomic E-state index is 0.0129. The zero-order chi connectivity index (χ0) is 18.7. The molecule has 1 heterocycles. The van der Waals surface area contributed by atoms with Gasteiger partial charge in [-0.2, -0.15) is 0 Å². The molecule has 0 atom stereocenters. The quantitative estimate of drug-likeness (QED) is 0.438. The summed E-state index contributed by atoms with van der Waals surface area (Å²) in [4.78, 5) is 37.5. The van der Waals surface area contributed by atoms with E-state index >= 15 is 0 Å². The van der Waals surface area contributed by atoms with Gasteiger partial charge in [0, 0.05) is 6.54 Å². The van der Waals surface area contributed by atoms with Gasteiger partial charge in [0.25, 0.3) is 11.8 Å². The molecular weight excluding hydrogens is 361 g/mol. The van der Waals surface area contributed by atoms with Crippen molar-refractivity contribution in [1.82, 2.24) is 4.90 Å². The lowest BCUT2D eigenvalue weighted by Gasteiger charge is -2.13. The zero-order valence-electron chi connectivity index (χ0n) is 13.7. The average molecular weight is 376 g/mol. The Morgan fingerprint density at radius 2 is 1.69 bits per heavy atom. The zero-order valence-corrected chi connectivity index (χ0v) is 14.5. The SMILES string of the molecule is O=C(OCCCCN1C(=O)c2ccccc2C1=O)c1ccc(F)cc1Cl. The summed E-state index contributed by atoms with van der Waals surface area (Å²) in [6.07, 6.45) is 0.966.